The summed E-state index contributed by atoms with van der Waals surface area (Å²) in [5, 5.41) is 3.14. The van der Waals surface area contributed by atoms with E-state index in [0.29, 0.717) is 0 Å². The highest BCUT2D eigenvalue weighted by Gasteiger charge is 1.94. The molecule has 0 unspecified atom stereocenters. The molecule has 0 amide bonds. The highest BCUT2D eigenvalue weighted by molar-refractivity contribution is 4.79. The van der Waals surface area contributed by atoms with Gasteiger partial charge in [0.1, 0.15) is 0 Å². The third kappa shape index (κ3) is 5.57. The number of nitrogens with one attached hydrogen (secondary N) is 1. The lowest BCUT2D eigenvalue weighted by Gasteiger charge is -2.05. The molecule has 0 aliphatic rings. The minimum absolute atomic E-state index is 0.770. The average Bonchev–Trinajstić information content (AvgIpc) is 1.85. The summed E-state index contributed by atoms with van der Waals surface area (Å²) in [5.74, 6) is 0.770. The second-order valence-electron chi connectivity index (χ2n) is 2.47. The second kappa shape index (κ2) is 5.83. The van der Waals surface area contributed by atoms with Gasteiger partial charge in [-0.25, -0.2) is 0 Å². The lowest BCUT2D eigenvalue weighted by molar-refractivity contribution is 0.551. The molecule has 9 heavy (non-hydrogen) atoms. The molecule has 0 radical (unpaired) electrons. The van der Waals surface area contributed by atoms with Crippen LogP contribution in [-0.4, -0.2) is 13.6 Å². The summed E-state index contributed by atoms with van der Waals surface area (Å²) in [6, 6.07) is 0. The van der Waals surface area contributed by atoms with Crippen LogP contribution in [0.4, 0.5) is 0 Å². The Balaban J connectivity index is 3.15. The fraction of sp³-hybridized carbons (Fsp3) is 0.750. The lowest BCUT2D eigenvalue weighted by atomic mass is 10.1. The first-order chi connectivity index (χ1) is 4.31. The normalized spacial score (nSPS) is 14.6. The third-order valence-corrected chi connectivity index (χ3v) is 1.33. The van der Waals surface area contributed by atoms with Crippen LogP contribution in [0.15, 0.2) is 12.2 Å². The van der Waals surface area contributed by atoms with Crippen molar-refractivity contribution in [3.05, 3.63) is 12.2 Å². The van der Waals surface area contributed by atoms with E-state index in [0.717, 1.165) is 12.5 Å². The summed E-state index contributed by atoms with van der Waals surface area (Å²) >= 11 is 0. The Hall–Kier alpha value is -0.300. The van der Waals surface area contributed by atoms with Crippen LogP contribution in [0.1, 0.15) is 20.3 Å². The zero-order valence-corrected chi connectivity index (χ0v) is 6.65. The van der Waals surface area contributed by atoms with Crippen molar-refractivity contribution in [2.75, 3.05) is 13.6 Å². The third-order valence-electron chi connectivity index (χ3n) is 1.33. The summed E-state index contributed by atoms with van der Waals surface area (Å²) in [5.41, 5.74) is 0. The van der Waals surface area contributed by atoms with Crippen LogP contribution in [0, 0.1) is 5.92 Å². The van der Waals surface area contributed by atoms with Crippen LogP contribution >= 0.6 is 0 Å². The van der Waals surface area contributed by atoms with E-state index in [-0.39, 0.29) is 0 Å². The van der Waals surface area contributed by atoms with Gasteiger partial charge in [0.15, 0.2) is 0 Å². The van der Waals surface area contributed by atoms with Gasteiger partial charge < -0.3 is 5.32 Å². The van der Waals surface area contributed by atoms with Crippen molar-refractivity contribution in [3.63, 3.8) is 0 Å². The molecular formula is C8H17N. The minimum atomic E-state index is 0.770. The van der Waals surface area contributed by atoms with Gasteiger partial charge in [-0.2, -0.15) is 0 Å². The zero-order chi connectivity index (χ0) is 7.11. The van der Waals surface area contributed by atoms with Crippen LogP contribution < -0.4 is 5.32 Å². The van der Waals surface area contributed by atoms with E-state index < -0.39 is 0 Å². The second-order valence-corrected chi connectivity index (χ2v) is 2.47. The van der Waals surface area contributed by atoms with Crippen LogP contribution in [0.25, 0.3) is 0 Å². The van der Waals surface area contributed by atoms with E-state index >= 15 is 0 Å². The predicted octanol–water partition coefficient (Wildman–Crippen LogP) is 1.81. The van der Waals surface area contributed by atoms with Gasteiger partial charge in [0.05, 0.1) is 0 Å². The molecule has 0 rings (SSSR count). The molecule has 0 saturated carbocycles. The zero-order valence-electron chi connectivity index (χ0n) is 6.65. The van der Waals surface area contributed by atoms with Gasteiger partial charge in [-0.1, -0.05) is 19.1 Å². The summed E-state index contributed by atoms with van der Waals surface area (Å²) < 4.78 is 0. The number of rotatable bonds is 4. The van der Waals surface area contributed by atoms with Crippen LogP contribution in [-0.2, 0) is 0 Å². The van der Waals surface area contributed by atoms with Gasteiger partial charge in [0.2, 0.25) is 0 Å². The van der Waals surface area contributed by atoms with Gasteiger partial charge in [-0.15, -0.1) is 0 Å². The first-order valence-corrected chi connectivity index (χ1v) is 3.57. The maximum atomic E-state index is 3.14. The van der Waals surface area contributed by atoms with E-state index in [1.165, 1.54) is 6.42 Å². The van der Waals surface area contributed by atoms with Crippen molar-refractivity contribution < 1.29 is 0 Å². The lowest BCUT2D eigenvalue weighted by Crippen LogP contribution is -2.15. The minimum Gasteiger partial charge on any atom is -0.319 e. The van der Waals surface area contributed by atoms with Crippen molar-refractivity contribution in [3.8, 4) is 0 Å². The van der Waals surface area contributed by atoms with Crippen LogP contribution in [0.5, 0.6) is 0 Å². The smallest absolute Gasteiger partial charge is 0.00232 e. The molecule has 1 N–H and O–H groups in total. The Morgan fingerprint density at radius 2 is 2.22 bits per heavy atom. The Bertz CT molecular complexity index is 76.6. The monoisotopic (exact) mass is 127 g/mol. The Morgan fingerprint density at radius 3 is 2.67 bits per heavy atom. The average molecular weight is 127 g/mol. The molecule has 1 atom stereocenters. The van der Waals surface area contributed by atoms with E-state index in [2.05, 4.69) is 31.3 Å². The first kappa shape index (κ1) is 8.70. The van der Waals surface area contributed by atoms with E-state index in [4.69, 9.17) is 0 Å². The quantitative estimate of drug-likeness (QED) is 0.568. The molecule has 0 aromatic rings. The van der Waals surface area contributed by atoms with Gasteiger partial charge in [0, 0.05) is 0 Å². The molecule has 0 aromatic carbocycles. The molecule has 0 aliphatic heterocycles. The Morgan fingerprint density at radius 1 is 1.56 bits per heavy atom. The predicted molar refractivity (Wildman–Crippen MR) is 42.5 cm³/mol. The summed E-state index contributed by atoms with van der Waals surface area (Å²) in [6.45, 7) is 5.42. The van der Waals surface area contributed by atoms with Crippen molar-refractivity contribution in [2.24, 2.45) is 5.92 Å². The fourth-order valence-electron chi connectivity index (χ4n) is 0.800. The SMILES string of the molecule is C/C=C\C[C@@H](C)CNC. The topological polar surface area (TPSA) is 12.0 Å². The molecule has 0 fully saturated rings. The molecule has 0 spiro atoms. The molecule has 0 saturated heterocycles. The van der Waals surface area contributed by atoms with Crippen LogP contribution in [0.3, 0.4) is 0 Å². The van der Waals surface area contributed by atoms with Crippen molar-refractivity contribution in [1.82, 2.24) is 5.32 Å². The molecule has 0 bridgehead atoms. The van der Waals surface area contributed by atoms with Crippen LogP contribution in [0.2, 0.25) is 0 Å². The van der Waals surface area contributed by atoms with Crippen molar-refractivity contribution in [2.45, 2.75) is 20.3 Å². The standard InChI is InChI=1S/C8H17N/c1-4-5-6-8(2)7-9-3/h4-5,8-9H,6-7H2,1-3H3/b5-4-/t8-/m1/s1. The Kier molecular flexibility index (Phi) is 5.64. The molecule has 54 valence electrons. The molecule has 0 heterocycles. The largest absolute Gasteiger partial charge is 0.319 e. The molecule has 0 aromatic heterocycles. The first-order valence-electron chi connectivity index (χ1n) is 3.57. The highest BCUT2D eigenvalue weighted by atomic mass is 14.8. The maximum Gasteiger partial charge on any atom is -0.00232 e. The van der Waals surface area contributed by atoms with Gasteiger partial charge >= 0.3 is 0 Å². The highest BCUT2D eigenvalue weighted by Crippen LogP contribution is 1.99. The van der Waals surface area contributed by atoms with Gasteiger partial charge in [-0.05, 0) is 32.9 Å². The summed E-state index contributed by atoms with van der Waals surface area (Å²) in [4.78, 5) is 0. The molecule has 1 nitrogen and oxygen atoms in total. The summed E-state index contributed by atoms with van der Waals surface area (Å²) in [7, 11) is 1.99. The fourth-order valence-corrected chi connectivity index (χ4v) is 0.800. The number of hydrogen-bond donors (Lipinski definition) is 1. The molecule has 0 aliphatic carbocycles. The summed E-state index contributed by atoms with van der Waals surface area (Å²) in [6.07, 6.45) is 5.51. The number of allylic oxidation sites excluding steroid dienone is 2. The van der Waals surface area contributed by atoms with Crippen molar-refractivity contribution >= 4 is 0 Å². The van der Waals surface area contributed by atoms with E-state index in [9.17, 15) is 0 Å². The van der Waals surface area contributed by atoms with E-state index in [1.807, 2.05) is 7.05 Å². The van der Waals surface area contributed by atoms with Gasteiger partial charge in [0.25, 0.3) is 0 Å². The Labute approximate surface area is 58.2 Å². The van der Waals surface area contributed by atoms with Crippen molar-refractivity contribution in [1.29, 1.82) is 0 Å². The van der Waals surface area contributed by atoms with E-state index in [1.54, 1.807) is 0 Å². The number of hydrogen-bond acceptors (Lipinski definition) is 1. The molecule has 1 heteroatoms. The molecular weight excluding hydrogens is 110 g/mol. The van der Waals surface area contributed by atoms with Gasteiger partial charge in [-0.3, -0.25) is 0 Å². The maximum absolute atomic E-state index is 3.14.